The Labute approximate surface area is 113 Å². The van der Waals surface area contributed by atoms with Gasteiger partial charge in [-0.3, -0.25) is 4.79 Å². The largest absolute Gasteiger partial charge is 0.385 e. The smallest absolute Gasteiger partial charge is 0.237 e. The maximum absolute atomic E-state index is 11.9. The van der Waals surface area contributed by atoms with Gasteiger partial charge in [0.25, 0.3) is 0 Å². The van der Waals surface area contributed by atoms with Crippen LogP contribution in [0.5, 0.6) is 0 Å². The molecule has 2 unspecified atom stereocenters. The van der Waals surface area contributed by atoms with E-state index in [0.29, 0.717) is 13.0 Å². The fourth-order valence-electron chi connectivity index (χ4n) is 1.85. The van der Waals surface area contributed by atoms with Crippen molar-refractivity contribution in [1.82, 2.24) is 5.32 Å². The second kappa shape index (κ2) is 6.87. The number of amides is 1. The first-order valence-corrected chi connectivity index (χ1v) is 6.89. The van der Waals surface area contributed by atoms with E-state index < -0.39 is 6.04 Å². The number of nitrogens with two attached hydrogens (primary N) is 1. The van der Waals surface area contributed by atoms with Crippen LogP contribution < -0.4 is 11.1 Å². The van der Waals surface area contributed by atoms with Crippen LogP contribution in [0.2, 0.25) is 0 Å². The summed E-state index contributed by atoms with van der Waals surface area (Å²) in [4.78, 5) is 14.4. The molecule has 4 nitrogen and oxygen atoms in total. The molecule has 0 fully saturated rings. The Morgan fingerprint density at radius 1 is 1.56 bits per heavy atom. The molecule has 0 bridgehead atoms. The summed E-state index contributed by atoms with van der Waals surface area (Å²) in [5.74, 6) is -0.122. The lowest BCUT2D eigenvalue weighted by Crippen LogP contribution is -2.42. The molecule has 0 aliphatic rings. The quantitative estimate of drug-likeness (QED) is 0.830. The van der Waals surface area contributed by atoms with E-state index in [1.54, 1.807) is 18.4 Å². The predicted molar refractivity (Wildman–Crippen MR) is 74.8 cm³/mol. The number of thiophene rings is 1. The summed E-state index contributed by atoms with van der Waals surface area (Å²) in [5, 5.41) is 2.95. The number of rotatable bonds is 6. The predicted octanol–water partition coefficient (Wildman–Crippen LogP) is 1.91. The molecule has 0 aromatic carbocycles. The van der Waals surface area contributed by atoms with Crippen LogP contribution in [-0.4, -0.2) is 25.7 Å². The van der Waals surface area contributed by atoms with E-state index in [1.807, 2.05) is 6.92 Å². The van der Waals surface area contributed by atoms with Gasteiger partial charge in [-0.2, -0.15) is 0 Å². The van der Waals surface area contributed by atoms with Gasteiger partial charge in [-0.05, 0) is 38.8 Å². The van der Waals surface area contributed by atoms with Crippen molar-refractivity contribution in [3.8, 4) is 0 Å². The fraction of sp³-hybridized carbons (Fsp3) is 0.615. The maximum Gasteiger partial charge on any atom is 0.237 e. The van der Waals surface area contributed by atoms with Crippen LogP contribution in [0, 0.1) is 13.8 Å². The molecule has 0 aliphatic heterocycles. The number of ether oxygens (including phenoxy) is 1. The molecule has 0 spiro atoms. The summed E-state index contributed by atoms with van der Waals surface area (Å²) in [6.07, 6.45) is 0.538. The van der Waals surface area contributed by atoms with Gasteiger partial charge in [-0.15, -0.1) is 11.3 Å². The first kappa shape index (κ1) is 15.1. The van der Waals surface area contributed by atoms with E-state index in [9.17, 15) is 4.79 Å². The molecule has 1 heterocycles. The first-order chi connectivity index (χ1) is 8.45. The summed E-state index contributed by atoms with van der Waals surface area (Å²) in [6.45, 7) is 6.62. The van der Waals surface area contributed by atoms with Crippen molar-refractivity contribution in [3.05, 3.63) is 21.4 Å². The van der Waals surface area contributed by atoms with E-state index in [2.05, 4.69) is 25.2 Å². The number of carbonyl (C=O) groups excluding carboxylic acids is 1. The minimum atomic E-state index is -0.507. The Morgan fingerprint density at radius 3 is 2.72 bits per heavy atom. The molecule has 1 aromatic heterocycles. The van der Waals surface area contributed by atoms with Crippen LogP contribution in [0.4, 0.5) is 0 Å². The van der Waals surface area contributed by atoms with Gasteiger partial charge in [0.15, 0.2) is 0 Å². The van der Waals surface area contributed by atoms with Gasteiger partial charge in [0.1, 0.15) is 0 Å². The van der Waals surface area contributed by atoms with Crippen LogP contribution in [0.3, 0.4) is 0 Å². The van der Waals surface area contributed by atoms with Crippen molar-refractivity contribution >= 4 is 17.2 Å². The third kappa shape index (κ3) is 4.08. The van der Waals surface area contributed by atoms with E-state index >= 15 is 0 Å². The second-order valence-electron chi connectivity index (χ2n) is 4.49. The van der Waals surface area contributed by atoms with Crippen molar-refractivity contribution in [3.63, 3.8) is 0 Å². The second-order valence-corrected chi connectivity index (χ2v) is 5.95. The third-order valence-corrected chi connectivity index (χ3v) is 3.86. The Balaban J connectivity index is 2.56. The fourth-order valence-corrected chi connectivity index (χ4v) is 2.88. The van der Waals surface area contributed by atoms with Crippen molar-refractivity contribution < 1.29 is 9.53 Å². The zero-order chi connectivity index (χ0) is 13.7. The van der Waals surface area contributed by atoms with Crippen molar-refractivity contribution in [2.45, 2.75) is 39.3 Å². The van der Waals surface area contributed by atoms with Crippen molar-refractivity contribution in [1.29, 1.82) is 0 Å². The molecule has 3 N–H and O–H groups in total. The molecule has 0 saturated carbocycles. The highest BCUT2D eigenvalue weighted by Crippen LogP contribution is 2.26. The summed E-state index contributed by atoms with van der Waals surface area (Å²) >= 11 is 1.74. The number of nitrogens with one attached hydrogen (secondary N) is 1. The molecule has 5 heteroatoms. The van der Waals surface area contributed by atoms with Gasteiger partial charge in [0.2, 0.25) is 5.91 Å². The highest BCUT2D eigenvalue weighted by molar-refractivity contribution is 7.12. The molecular weight excluding hydrogens is 248 g/mol. The number of carbonyl (C=O) groups is 1. The molecule has 102 valence electrons. The van der Waals surface area contributed by atoms with Gasteiger partial charge in [0.05, 0.1) is 12.1 Å². The Morgan fingerprint density at radius 2 is 2.22 bits per heavy atom. The van der Waals surface area contributed by atoms with E-state index in [-0.39, 0.29) is 11.9 Å². The lowest BCUT2D eigenvalue weighted by atomic mass is 10.1. The lowest BCUT2D eigenvalue weighted by Gasteiger charge is -2.17. The monoisotopic (exact) mass is 270 g/mol. The summed E-state index contributed by atoms with van der Waals surface area (Å²) in [6, 6.07) is 1.61. The number of hydrogen-bond acceptors (Lipinski definition) is 4. The molecule has 0 saturated heterocycles. The van der Waals surface area contributed by atoms with Crippen LogP contribution in [0.25, 0.3) is 0 Å². The van der Waals surface area contributed by atoms with E-state index in [0.717, 1.165) is 0 Å². The third-order valence-electron chi connectivity index (χ3n) is 2.87. The molecular formula is C13H22N2O2S. The van der Waals surface area contributed by atoms with E-state index in [1.165, 1.54) is 15.3 Å². The highest BCUT2D eigenvalue weighted by atomic mass is 32.1. The normalized spacial score (nSPS) is 14.3. The van der Waals surface area contributed by atoms with Crippen LogP contribution in [-0.2, 0) is 9.53 Å². The summed E-state index contributed by atoms with van der Waals surface area (Å²) in [5.41, 5.74) is 6.95. The Kier molecular flexibility index (Phi) is 5.78. The number of aryl methyl sites for hydroxylation is 2. The molecule has 2 atom stereocenters. The summed E-state index contributed by atoms with van der Waals surface area (Å²) in [7, 11) is 1.60. The SMILES string of the molecule is COCCC(N)C(=O)NC(C)c1cc(C)sc1C. The minimum Gasteiger partial charge on any atom is -0.385 e. The standard InChI is InChI=1S/C13H22N2O2S/c1-8-7-11(10(3)18-8)9(2)15-13(16)12(14)5-6-17-4/h7,9,12H,5-6,14H2,1-4H3,(H,15,16). The average molecular weight is 270 g/mol. The number of methoxy groups -OCH3 is 1. The average Bonchev–Trinajstić information content (AvgIpc) is 2.65. The van der Waals surface area contributed by atoms with Gasteiger partial charge in [-0.1, -0.05) is 0 Å². The lowest BCUT2D eigenvalue weighted by molar-refractivity contribution is -0.123. The molecule has 1 aromatic rings. The highest BCUT2D eigenvalue weighted by Gasteiger charge is 2.18. The molecule has 1 rings (SSSR count). The summed E-state index contributed by atoms with van der Waals surface area (Å²) < 4.78 is 4.92. The zero-order valence-electron chi connectivity index (χ0n) is 11.4. The van der Waals surface area contributed by atoms with Crippen LogP contribution >= 0.6 is 11.3 Å². The van der Waals surface area contributed by atoms with Gasteiger partial charge < -0.3 is 15.8 Å². The van der Waals surface area contributed by atoms with Gasteiger partial charge in [-0.25, -0.2) is 0 Å². The van der Waals surface area contributed by atoms with Gasteiger partial charge in [0, 0.05) is 23.5 Å². The molecule has 0 aliphatic carbocycles. The van der Waals surface area contributed by atoms with Gasteiger partial charge >= 0.3 is 0 Å². The molecule has 18 heavy (non-hydrogen) atoms. The van der Waals surface area contributed by atoms with Crippen molar-refractivity contribution in [2.75, 3.05) is 13.7 Å². The van der Waals surface area contributed by atoms with Crippen LogP contribution in [0.1, 0.15) is 34.7 Å². The first-order valence-electron chi connectivity index (χ1n) is 6.07. The molecule has 0 radical (unpaired) electrons. The van der Waals surface area contributed by atoms with Crippen LogP contribution in [0.15, 0.2) is 6.07 Å². The maximum atomic E-state index is 11.9. The minimum absolute atomic E-state index is 0.00366. The Hall–Kier alpha value is -0.910. The topological polar surface area (TPSA) is 64.3 Å². The molecule has 1 amide bonds. The van der Waals surface area contributed by atoms with Crippen molar-refractivity contribution in [2.24, 2.45) is 5.73 Å². The number of hydrogen-bond donors (Lipinski definition) is 2. The van der Waals surface area contributed by atoms with E-state index in [4.69, 9.17) is 10.5 Å². The Bertz CT molecular complexity index is 404. The zero-order valence-corrected chi connectivity index (χ0v) is 12.3.